The maximum atomic E-state index is 5.77. The van der Waals surface area contributed by atoms with Crippen molar-refractivity contribution >= 4 is 49.7 Å². The fourth-order valence-electron chi connectivity index (χ4n) is 0.254. The van der Waals surface area contributed by atoms with Crippen LogP contribution in [-0.2, 0) is 0 Å². The van der Waals surface area contributed by atoms with Gasteiger partial charge < -0.3 is 0 Å². The van der Waals surface area contributed by atoms with E-state index in [0.29, 0.717) is 0 Å². The molecule has 55 valence electrons. The lowest BCUT2D eigenvalue weighted by Gasteiger charge is -2.25. The topological polar surface area (TPSA) is 3.24 Å². The Morgan fingerprint density at radius 1 is 1.22 bits per heavy atom. The van der Waals surface area contributed by atoms with Crippen LogP contribution in [0.15, 0.2) is 0 Å². The second-order valence-corrected chi connectivity index (χ2v) is 12.5. The largest absolute Gasteiger partial charge is 0.367 e. The molecule has 0 atom stereocenters. The van der Waals surface area contributed by atoms with Gasteiger partial charge in [0.2, 0.25) is 0 Å². The Kier molecular flexibility index (Phi) is 4.10. The molecule has 0 aliphatic heterocycles. The van der Waals surface area contributed by atoms with Crippen molar-refractivity contribution < 1.29 is 0 Å². The second-order valence-electron chi connectivity index (χ2n) is 2.69. The van der Waals surface area contributed by atoms with E-state index in [4.69, 9.17) is 33.9 Å². The van der Waals surface area contributed by atoms with Crippen molar-refractivity contribution in [3.8, 4) is 0 Å². The third-order valence-corrected chi connectivity index (χ3v) is 9.31. The molecule has 6 heteroatoms. The van der Waals surface area contributed by atoms with Gasteiger partial charge in [-0.3, -0.25) is 0 Å². The molecule has 0 aliphatic rings. The van der Waals surface area contributed by atoms with Crippen LogP contribution in [0.1, 0.15) is 0 Å². The average molecular weight is 222 g/mol. The van der Waals surface area contributed by atoms with Crippen molar-refractivity contribution in [1.82, 2.24) is 3.75 Å². The second kappa shape index (κ2) is 3.60. The van der Waals surface area contributed by atoms with E-state index in [9.17, 15) is 0 Å². The average Bonchev–Trinajstić information content (AvgIpc) is 1.62. The molecule has 0 aromatic heterocycles. The standard InChI is InChI=1S/C3H9Cl3NSi2/c1-9(2,3)7(4)8(5)6/h1-3H3. The van der Waals surface area contributed by atoms with E-state index in [-0.39, 0.29) is 0 Å². The molecule has 1 radical (unpaired) electrons. The zero-order valence-corrected chi connectivity index (χ0v) is 9.85. The van der Waals surface area contributed by atoms with E-state index in [2.05, 4.69) is 19.6 Å². The molecular weight excluding hydrogens is 213 g/mol. The summed E-state index contributed by atoms with van der Waals surface area (Å²) in [4.78, 5) is 0. The van der Waals surface area contributed by atoms with Crippen molar-refractivity contribution in [2.24, 2.45) is 0 Å². The van der Waals surface area contributed by atoms with Gasteiger partial charge in [-0.05, 0) is 11.8 Å². The summed E-state index contributed by atoms with van der Waals surface area (Å²) >= 11 is 17.0. The van der Waals surface area contributed by atoms with Crippen molar-refractivity contribution in [1.29, 1.82) is 0 Å². The number of rotatable bonds is 2. The lowest BCUT2D eigenvalue weighted by molar-refractivity contribution is 1.05. The van der Waals surface area contributed by atoms with Gasteiger partial charge in [0.25, 0.3) is 0 Å². The highest BCUT2D eigenvalue weighted by atomic mass is 35.7. The van der Waals surface area contributed by atoms with E-state index < -0.39 is 15.8 Å². The first-order valence-corrected chi connectivity index (χ1v) is 9.75. The van der Waals surface area contributed by atoms with Crippen LogP contribution in [0, 0.1) is 0 Å². The highest BCUT2D eigenvalue weighted by Gasteiger charge is 2.28. The van der Waals surface area contributed by atoms with E-state index in [1.54, 1.807) is 3.75 Å². The van der Waals surface area contributed by atoms with Gasteiger partial charge in [0.15, 0.2) is 0 Å². The van der Waals surface area contributed by atoms with Crippen LogP contribution in [0.25, 0.3) is 0 Å². The predicted octanol–water partition coefficient (Wildman–Crippen LogP) is 2.74. The van der Waals surface area contributed by atoms with Gasteiger partial charge >= 0.3 is 7.58 Å². The fourth-order valence-corrected chi connectivity index (χ4v) is 6.85. The Labute approximate surface area is 73.2 Å². The Balaban J connectivity index is 3.88. The van der Waals surface area contributed by atoms with Gasteiger partial charge in [0.1, 0.15) is 8.24 Å². The zero-order chi connectivity index (χ0) is 7.65. The van der Waals surface area contributed by atoms with Gasteiger partial charge in [-0.1, -0.05) is 19.6 Å². The molecular formula is C3H9Cl3NSi2. The Morgan fingerprint density at radius 2 is 1.56 bits per heavy atom. The van der Waals surface area contributed by atoms with Gasteiger partial charge in [-0.2, -0.15) is 0 Å². The first-order valence-electron chi connectivity index (χ1n) is 2.49. The maximum absolute atomic E-state index is 5.77. The molecule has 0 fully saturated rings. The molecule has 0 bridgehead atoms. The van der Waals surface area contributed by atoms with Gasteiger partial charge in [0, 0.05) is 0 Å². The van der Waals surface area contributed by atoms with Gasteiger partial charge in [-0.15, -0.1) is 22.2 Å². The lowest BCUT2D eigenvalue weighted by Crippen LogP contribution is -2.43. The molecule has 9 heavy (non-hydrogen) atoms. The van der Waals surface area contributed by atoms with Gasteiger partial charge in [0.05, 0.1) is 0 Å². The molecule has 0 spiro atoms. The van der Waals surface area contributed by atoms with Crippen LogP contribution in [0.2, 0.25) is 19.6 Å². The smallest absolute Gasteiger partial charge is 0.237 e. The summed E-state index contributed by atoms with van der Waals surface area (Å²) in [6, 6.07) is 0. The number of nitrogens with zero attached hydrogens (tertiary/aromatic N) is 1. The van der Waals surface area contributed by atoms with Gasteiger partial charge in [-0.25, -0.2) is 3.75 Å². The Morgan fingerprint density at radius 3 is 1.56 bits per heavy atom. The third kappa shape index (κ3) is 3.85. The zero-order valence-electron chi connectivity index (χ0n) is 5.58. The van der Waals surface area contributed by atoms with E-state index in [0.717, 1.165) is 0 Å². The number of hydrogen-bond acceptors (Lipinski definition) is 1. The minimum atomic E-state index is -1.46. The number of halogens is 3. The minimum Gasteiger partial charge on any atom is -0.237 e. The quantitative estimate of drug-likeness (QED) is 0.394. The molecule has 0 rings (SSSR count). The van der Waals surface area contributed by atoms with Crippen LogP contribution >= 0.6 is 33.9 Å². The summed E-state index contributed by atoms with van der Waals surface area (Å²) in [7, 11) is -2.91. The summed E-state index contributed by atoms with van der Waals surface area (Å²) in [5.74, 6) is 0. The summed E-state index contributed by atoms with van der Waals surface area (Å²) in [6.07, 6.45) is 0. The fraction of sp³-hybridized carbons (Fsp3) is 1.00. The summed E-state index contributed by atoms with van der Waals surface area (Å²) in [5.41, 5.74) is 0. The monoisotopic (exact) mass is 220 g/mol. The van der Waals surface area contributed by atoms with E-state index in [1.807, 2.05) is 0 Å². The summed E-state index contributed by atoms with van der Waals surface area (Å²) < 4.78 is 1.60. The first-order chi connectivity index (χ1) is 3.85. The van der Waals surface area contributed by atoms with Crippen molar-refractivity contribution in [2.75, 3.05) is 0 Å². The predicted molar refractivity (Wildman–Crippen MR) is 48.5 cm³/mol. The molecule has 0 aliphatic carbocycles. The van der Waals surface area contributed by atoms with Crippen LogP contribution in [0.5, 0.6) is 0 Å². The molecule has 0 saturated heterocycles. The minimum absolute atomic E-state index is 1.44. The third-order valence-electron chi connectivity index (χ3n) is 0.737. The van der Waals surface area contributed by atoms with Crippen molar-refractivity contribution in [2.45, 2.75) is 19.6 Å². The van der Waals surface area contributed by atoms with E-state index >= 15 is 0 Å². The Hall–Kier alpha value is 1.26. The lowest BCUT2D eigenvalue weighted by atomic mass is 11.8. The molecule has 1 nitrogen and oxygen atoms in total. The molecule has 0 N–H and O–H groups in total. The molecule has 0 amide bonds. The van der Waals surface area contributed by atoms with Crippen LogP contribution < -0.4 is 0 Å². The number of hydrogen-bond donors (Lipinski definition) is 0. The Bertz CT molecular complexity index is 91.5. The van der Waals surface area contributed by atoms with Crippen molar-refractivity contribution in [3.63, 3.8) is 0 Å². The summed E-state index contributed by atoms with van der Waals surface area (Å²) in [5, 5.41) is 0. The molecule has 0 saturated carbocycles. The van der Waals surface area contributed by atoms with E-state index in [1.165, 1.54) is 0 Å². The SMILES string of the molecule is C[Si](C)(C)N(Cl)[Si](Cl)Cl. The molecule has 0 aromatic carbocycles. The molecule has 0 aromatic rings. The van der Waals surface area contributed by atoms with Crippen LogP contribution in [0.4, 0.5) is 0 Å². The highest BCUT2D eigenvalue weighted by molar-refractivity contribution is 7.35. The van der Waals surface area contributed by atoms with Crippen LogP contribution in [-0.4, -0.2) is 19.6 Å². The van der Waals surface area contributed by atoms with Crippen molar-refractivity contribution in [3.05, 3.63) is 0 Å². The first kappa shape index (κ1) is 10.3. The highest BCUT2D eigenvalue weighted by Crippen LogP contribution is 2.18. The maximum Gasteiger partial charge on any atom is 0.367 e. The van der Waals surface area contributed by atoms with Crippen LogP contribution in [0.3, 0.4) is 0 Å². The molecule has 0 unspecified atom stereocenters. The normalized spacial score (nSPS) is 13.3. The molecule has 0 heterocycles. The summed E-state index contributed by atoms with van der Waals surface area (Å²) in [6.45, 7) is 6.28.